The Morgan fingerprint density at radius 2 is 1.93 bits per heavy atom. The molecule has 0 aromatic heterocycles. The molecule has 0 saturated carbocycles. The number of rotatable bonds is 5. The zero-order valence-corrected chi connectivity index (χ0v) is 15.8. The Labute approximate surface area is 162 Å². The van der Waals surface area contributed by atoms with Crippen molar-refractivity contribution in [2.45, 2.75) is 4.90 Å². The average molecular weight is 374 g/mol. The van der Waals surface area contributed by atoms with Crippen LogP contribution in [0.1, 0.15) is 5.56 Å². The van der Waals surface area contributed by atoms with Gasteiger partial charge in [-0.25, -0.2) is 0 Å². The molecule has 0 unspecified atom stereocenters. The minimum atomic E-state index is -0.443. The number of hydrogen-bond acceptors (Lipinski definition) is 4. The summed E-state index contributed by atoms with van der Waals surface area (Å²) in [5.74, 6) is 0.268. The molecule has 0 bridgehead atoms. The Morgan fingerprint density at radius 1 is 1.15 bits per heavy atom. The highest BCUT2D eigenvalue weighted by molar-refractivity contribution is 7.98. The first kappa shape index (κ1) is 18.6. The molecule has 1 N–H and O–H groups in total. The van der Waals surface area contributed by atoms with Crippen LogP contribution < -0.4 is 10.1 Å². The van der Waals surface area contributed by atoms with Gasteiger partial charge in [-0.2, -0.15) is 5.26 Å². The van der Waals surface area contributed by atoms with E-state index in [1.165, 1.54) is 0 Å². The van der Waals surface area contributed by atoms with E-state index in [4.69, 9.17) is 4.74 Å². The van der Waals surface area contributed by atoms with Crippen molar-refractivity contribution in [1.29, 1.82) is 5.26 Å². The molecule has 0 aliphatic rings. The second kappa shape index (κ2) is 8.43. The predicted molar refractivity (Wildman–Crippen MR) is 111 cm³/mol. The number of hydrogen-bond donors (Lipinski definition) is 1. The van der Waals surface area contributed by atoms with Gasteiger partial charge in [0.2, 0.25) is 0 Å². The number of methoxy groups -OCH3 is 1. The van der Waals surface area contributed by atoms with Crippen LogP contribution >= 0.6 is 11.8 Å². The van der Waals surface area contributed by atoms with E-state index in [0.29, 0.717) is 11.4 Å². The molecule has 0 aliphatic heterocycles. The standard InChI is InChI=1S/C22H18N2O2S/c1-26-20-13-15(10-11-21(20)27-2)12-17(14-23)22(25)24-19-9-5-7-16-6-3-4-8-18(16)19/h3-13H,1-2H3,(H,24,25). The number of ether oxygens (including phenoxy) is 1. The van der Waals surface area contributed by atoms with Crippen LogP contribution in [-0.4, -0.2) is 19.3 Å². The molecule has 4 nitrogen and oxygen atoms in total. The van der Waals surface area contributed by atoms with Crippen LogP contribution in [0, 0.1) is 11.3 Å². The Balaban J connectivity index is 1.90. The summed E-state index contributed by atoms with van der Waals surface area (Å²) in [5.41, 5.74) is 1.44. The highest BCUT2D eigenvalue weighted by atomic mass is 32.2. The first-order valence-electron chi connectivity index (χ1n) is 8.29. The summed E-state index contributed by atoms with van der Waals surface area (Å²) in [7, 11) is 1.60. The molecule has 0 radical (unpaired) electrons. The van der Waals surface area contributed by atoms with Crippen molar-refractivity contribution in [2.75, 3.05) is 18.7 Å². The van der Waals surface area contributed by atoms with E-state index in [2.05, 4.69) is 5.32 Å². The molecule has 0 heterocycles. The summed E-state index contributed by atoms with van der Waals surface area (Å²) in [6.45, 7) is 0. The first-order chi connectivity index (χ1) is 13.2. The number of fused-ring (bicyclic) bond motifs is 1. The number of nitrogens with zero attached hydrogens (tertiary/aromatic N) is 1. The molecule has 0 fully saturated rings. The number of benzene rings is 3. The van der Waals surface area contributed by atoms with Crippen LogP contribution in [0.25, 0.3) is 16.8 Å². The largest absolute Gasteiger partial charge is 0.496 e. The summed E-state index contributed by atoms with van der Waals surface area (Å²) in [6.07, 6.45) is 3.53. The summed E-state index contributed by atoms with van der Waals surface area (Å²) < 4.78 is 5.36. The number of carbonyl (C=O) groups excluding carboxylic acids is 1. The molecular weight excluding hydrogens is 356 g/mol. The molecular formula is C22H18N2O2S. The van der Waals surface area contributed by atoms with Crippen molar-refractivity contribution >= 4 is 40.2 Å². The second-order valence-electron chi connectivity index (χ2n) is 5.77. The van der Waals surface area contributed by atoms with E-state index >= 15 is 0 Å². The van der Waals surface area contributed by atoms with E-state index in [9.17, 15) is 10.1 Å². The molecule has 3 rings (SSSR count). The Morgan fingerprint density at radius 3 is 2.67 bits per heavy atom. The summed E-state index contributed by atoms with van der Waals surface area (Å²) in [4.78, 5) is 13.6. The maximum absolute atomic E-state index is 12.6. The zero-order valence-electron chi connectivity index (χ0n) is 15.0. The van der Waals surface area contributed by atoms with Crippen LogP contribution in [0.2, 0.25) is 0 Å². The van der Waals surface area contributed by atoms with Crippen molar-refractivity contribution in [3.05, 3.63) is 71.8 Å². The molecule has 0 aliphatic carbocycles. The lowest BCUT2D eigenvalue weighted by Crippen LogP contribution is -2.13. The minimum absolute atomic E-state index is 0.0295. The molecule has 0 saturated heterocycles. The van der Waals surface area contributed by atoms with Gasteiger partial charge < -0.3 is 10.1 Å². The van der Waals surface area contributed by atoms with E-state index in [1.807, 2.05) is 73.0 Å². The van der Waals surface area contributed by atoms with Gasteiger partial charge in [0.05, 0.1) is 7.11 Å². The van der Waals surface area contributed by atoms with Crippen molar-refractivity contribution in [3.63, 3.8) is 0 Å². The van der Waals surface area contributed by atoms with Crippen molar-refractivity contribution in [3.8, 4) is 11.8 Å². The Hall–Kier alpha value is -3.23. The lowest BCUT2D eigenvalue weighted by molar-refractivity contribution is -0.112. The third-order valence-corrected chi connectivity index (χ3v) is 4.90. The van der Waals surface area contributed by atoms with Crippen LogP contribution in [0.15, 0.2) is 71.1 Å². The normalized spacial score (nSPS) is 11.1. The van der Waals surface area contributed by atoms with Crippen LogP contribution in [-0.2, 0) is 4.79 Å². The van der Waals surface area contributed by atoms with Gasteiger partial charge in [-0.15, -0.1) is 11.8 Å². The van der Waals surface area contributed by atoms with E-state index in [-0.39, 0.29) is 5.57 Å². The molecule has 134 valence electrons. The third kappa shape index (κ3) is 4.13. The molecule has 0 spiro atoms. The van der Waals surface area contributed by atoms with Gasteiger partial charge in [-0.3, -0.25) is 4.79 Å². The van der Waals surface area contributed by atoms with Gasteiger partial charge in [0.25, 0.3) is 5.91 Å². The molecule has 1 amide bonds. The van der Waals surface area contributed by atoms with Gasteiger partial charge in [-0.1, -0.05) is 42.5 Å². The van der Waals surface area contributed by atoms with Crippen LogP contribution in [0.5, 0.6) is 5.75 Å². The fraction of sp³-hybridized carbons (Fsp3) is 0.0909. The number of anilines is 1. The topological polar surface area (TPSA) is 62.1 Å². The molecule has 27 heavy (non-hydrogen) atoms. The number of carbonyl (C=O) groups is 1. The lowest BCUT2D eigenvalue weighted by atomic mass is 10.1. The summed E-state index contributed by atoms with van der Waals surface area (Å²) in [5, 5.41) is 14.3. The highest BCUT2D eigenvalue weighted by Gasteiger charge is 2.12. The average Bonchev–Trinajstić information content (AvgIpc) is 2.72. The first-order valence-corrected chi connectivity index (χ1v) is 9.51. The van der Waals surface area contributed by atoms with E-state index in [1.54, 1.807) is 24.9 Å². The van der Waals surface area contributed by atoms with Gasteiger partial charge in [-0.05, 0) is 41.5 Å². The molecule has 5 heteroatoms. The zero-order chi connectivity index (χ0) is 19.2. The Kier molecular flexibility index (Phi) is 5.80. The molecule has 3 aromatic carbocycles. The smallest absolute Gasteiger partial charge is 0.266 e. The number of nitriles is 1. The maximum Gasteiger partial charge on any atom is 0.266 e. The lowest BCUT2D eigenvalue weighted by Gasteiger charge is -2.09. The predicted octanol–water partition coefficient (Wildman–Crippen LogP) is 5.12. The number of amides is 1. The number of nitrogens with one attached hydrogen (secondary N) is 1. The summed E-state index contributed by atoms with van der Waals surface area (Å²) in [6, 6.07) is 21.0. The maximum atomic E-state index is 12.6. The van der Waals surface area contributed by atoms with Crippen molar-refractivity contribution in [2.24, 2.45) is 0 Å². The van der Waals surface area contributed by atoms with Gasteiger partial charge >= 0.3 is 0 Å². The Bertz CT molecular complexity index is 1060. The van der Waals surface area contributed by atoms with Crippen LogP contribution in [0.3, 0.4) is 0 Å². The number of thioether (sulfide) groups is 1. The van der Waals surface area contributed by atoms with Gasteiger partial charge in [0, 0.05) is 16.0 Å². The van der Waals surface area contributed by atoms with Crippen molar-refractivity contribution in [1.82, 2.24) is 0 Å². The van der Waals surface area contributed by atoms with E-state index in [0.717, 1.165) is 21.2 Å². The molecule has 3 aromatic rings. The SMILES string of the molecule is COc1cc(C=C(C#N)C(=O)Nc2cccc3ccccc23)ccc1SC. The van der Waals surface area contributed by atoms with Crippen molar-refractivity contribution < 1.29 is 9.53 Å². The quantitative estimate of drug-likeness (QED) is 0.383. The van der Waals surface area contributed by atoms with Gasteiger partial charge in [0.15, 0.2) is 0 Å². The minimum Gasteiger partial charge on any atom is -0.496 e. The monoisotopic (exact) mass is 374 g/mol. The fourth-order valence-corrected chi connectivity index (χ4v) is 3.33. The second-order valence-corrected chi connectivity index (χ2v) is 6.61. The van der Waals surface area contributed by atoms with E-state index < -0.39 is 5.91 Å². The fourth-order valence-electron chi connectivity index (χ4n) is 2.78. The van der Waals surface area contributed by atoms with Crippen LogP contribution in [0.4, 0.5) is 5.69 Å². The summed E-state index contributed by atoms with van der Waals surface area (Å²) >= 11 is 1.57. The highest BCUT2D eigenvalue weighted by Crippen LogP contribution is 2.29. The van der Waals surface area contributed by atoms with Gasteiger partial charge in [0.1, 0.15) is 17.4 Å². The molecule has 0 atom stereocenters. The third-order valence-electron chi connectivity index (χ3n) is 4.12.